The Morgan fingerprint density at radius 3 is 2.78 bits per heavy atom. The third kappa shape index (κ3) is 4.19. The van der Waals surface area contributed by atoms with Gasteiger partial charge in [0.2, 0.25) is 5.89 Å². The summed E-state index contributed by atoms with van der Waals surface area (Å²) in [5.41, 5.74) is 3.29. The highest BCUT2D eigenvalue weighted by Crippen LogP contribution is 2.24. The molecule has 9 heteroatoms. The minimum Gasteiger partial charge on any atom is -0.411 e. The van der Waals surface area contributed by atoms with Crippen molar-refractivity contribution in [2.75, 3.05) is 0 Å². The quantitative estimate of drug-likeness (QED) is 0.474. The first-order chi connectivity index (χ1) is 13.3. The van der Waals surface area contributed by atoms with Crippen LogP contribution in [0, 0.1) is 11.3 Å². The fraction of sp³-hybridized carbons (Fsp3) is 0.111. The zero-order valence-corrected chi connectivity index (χ0v) is 14.9. The van der Waals surface area contributed by atoms with Gasteiger partial charge in [-0.2, -0.15) is 5.26 Å². The van der Waals surface area contributed by atoms with Crippen LogP contribution in [0.15, 0.2) is 64.6 Å². The van der Waals surface area contributed by atoms with Crippen molar-refractivity contribution >= 4 is 11.8 Å². The first kappa shape index (κ1) is 16.9. The summed E-state index contributed by atoms with van der Waals surface area (Å²) in [6.07, 6.45) is 5.25. The fourth-order valence-electron chi connectivity index (χ4n) is 2.36. The zero-order valence-electron chi connectivity index (χ0n) is 14.1. The number of hydrogen-bond donors (Lipinski definition) is 0. The molecule has 4 rings (SSSR count). The van der Waals surface area contributed by atoms with E-state index in [4.69, 9.17) is 9.68 Å². The predicted octanol–water partition coefficient (Wildman–Crippen LogP) is 2.94. The van der Waals surface area contributed by atoms with Gasteiger partial charge in [0.25, 0.3) is 5.22 Å². The van der Waals surface area contributed by atoms with Crippen LogP contribution in [0.4, 0.5) is 0 Å². The van der Waals surface area contributed by atoms with E-state index in [0.717, 1.165) is 16.8 Å². The highest BCUT2D eigenvalue weighted by molar-refractivity contribution is 7.98. The molecule has 0 aliphatic heterocycles. The second kappa shape index (κ2) is 7.80. The summed E-state index contributed by atoms with van der Waals surface area (Å²) in [6, 6.07) is 13.2. The van der Waals surface area contributed by atoms with Gasteiger partial charge in [0, 0.05) is 24.3 Å². The Balaban J connectivity index is 1.36. The van der Waals surface area contributed by atoms with Crippen molar-refractivity contribution < 1.29 is 4.42 Å². The van der Waals surface area contributed by atoms with Crippen molar-refractivity contribution in [2.45, 2.75) is 17.5 Å². The van der Waals surface area contributed by atoms with Crippen molar-refractivity contribution in [3.8, 4) is 17.5 Å². The second-order valence-corrected chi connectivity index (χ2v) is 6.55. The maximum atomic E-state index is 8.84. The molecule has 0 unspecified atom stereocenters. The molecule has 0 bridgehead atoms. The third-order valence-electron chi connectivity index (χ3n) is 3.67. The smallest absolute Gasteiger partial charge is 0.277 e. The summed E-state index contributed by atoms with van der Waals surface area (Å²) in [7, 11) is 0. The monoisotopic (exact) mass is 375 g/mol. The number of aromatic nitrogens is 6. The number of thioether (sulfide) groups is 1. The first-order valence-corrected chi connectivity index (χ1v) is 9.03. The van der Waals surface area contributed by atoms with E-state index < -0.39 is 0 Å². The summed E-state index contributed by atoms with van der Waals surface area (Å²) >= 11 is 1.40. The Bertz CT molecular complexity index is 1070. The molecule has 1 aromatic carbocycles. The predicted molar refractivity (Wildman–Crippen MR) is 97.4 cm³/mol. The molecule has 0 N–H and O–H groups in total. The van der Waals surface area contributed by atoms with Crippen LogP contribution in [0.2, 0.25) is 0 Å². The molecule has 0 amide bonds. The van der Waals surface area contributed by atoms with E-state index in [1.54, 1.807) is 29.2 Å². The Labute approximate surface area is 158 Å². The van der Waals surface area contributed by atoms with Crippen molar-refractivity contribution in [3.63, 3.8) is 0 Å². The molecule has 0 saturated carbocycles. The number of benzene rings is 1. The highest BCUT2D eigenvalue weighted by Gasteiger charge is 2.10. The van der Waals surface area contributed by atoms with Crippen LogP contribution in [0.3, 0.4) is 0 Å². The number of nitrogens with zero attached hydrogens (tertiary/aromatic N) is 7. The summed E-state index contributed by atoms with van der Waals surface area (Å²) in [5.74, 6) is 1.01. The molecule has 0 fully saturated rings. The molecule has 3 aromatic heterocycles. The van der Waals surface area contributed by atoms with Crippen molar-refractivity contribution in [1.82, 2.24) is 30.2 Å². The molecule has 0 spiro atoms. The topological polar surface area (TPSA) is 106 Å². The van der Waals surface area contributed by atoms with Gasteiger partial charge in [0.05, 0.1) is 29.4 Å². The number of rotatable bonds is 6. The molecular formula is C18H13N7OS. The number of pyridine rings is 1. The Kier molecular flexibility index (Phi) is 4.89. The molecule has 0 radical (unpaired) electrons. The second-order valence-electron chi connectivity index (χ2n) is 5.62. The normalized spacial score (nSPS) is 10.6. The Morgan fingerprint density at radius 2 is 2.00 bits per heavy atom. The lowest BCUT2D eigenvalue weighted by Crippen LogP contribution is -2.00. The first-order valence-electron chi connectivity index (χ1n) is 8.05. The van der Waals surface area contributed by atoms with Gasteiger partial charge in [-0.3, -0.25) is 4.98 Å². The zero-order chi connectivity index (χ0) is 18.5. The molecule has 27 heavy (non-hydrogen) atoms. The standard InChI is InChI=1S/C18H13N7OS/c19-8-13-3-5-14(6-4-13)10-25-11-16(21-24-25)12-27-18-23-22-17(26-18)15-2-1-7-20-9-15/h1-7,9,11H,10,12H2. The van der Waals surface area contributed by atoms with Gasteiger partial charge in [-0.15, -0.1) is 15.3 Å². The minimum absolute atomic E-state index is 0.440. The highest BCUT2D eigenvalue weighted by atomic mass is 32.2. The molecule has 8 nitrogen and oxygen atoms in total. The molecule has 0 aliphatic rings. The van der Waals surface area contributed by atoms with E-state index in [1.165, 1.54) is 11.8 Å². The van der Waals surface area contributed by atoms with Crippen LogP contribution in [-0.4, -0.2) is 30.2 Å². The average Bonchev–Trinajstić information content (AvgIpc) is 3.37. The van der Waals surface area contributed by atoms with Gasteiger partial charge in [0.1, 0.15) is 0 Å². The van der Waals surface area contributed by atoms with E-state index in [9.17, 15) is 0 Å². The number of nitriles is 1. The third-order valence-corrected chi connectivity index (χ3v) is 4.52. The molecule has 132 valence electrons. The lowest BCUT2D eigenvalue weighted by Gasteiger charge is -2.00. The lowest BCUT2D eigenvalue weighted by atomic mass is 10.1. The molecule has 0 saturated heterocycles. The summed E-state index contributed by atoms with van der Waals surface area (Å²) < 4.78 is 7.39. The summed E-state index contributed by atoms with van der Waals surface area (Å²) in [5, 5.41) is 25.7. The average molecular weight is 375 g/mol. The van der Waals surface area contributed by atoms with E-state index in [-0.39, 0.29) is 0 Å². The Morgan fingerprint density at radius 1 is 1.11 bits per heavy atom. The van der Waals surface area contributed by atoms with E-state index in [2.05, 4.69) is 31.6 Å². The van der Waals surface area contributed by atoms with Crippen molar-refractivity contribution in [1.29, 1.82) is 5.26 Å². The van der Waals surface area contributed by atoms with E-state index in [0.29, 0.717) is 29.0 Å². The molecule has 3 heterocycles. The maximum Gasteiger partial charge on any atom is 0.277 e. The van der Waals surface area contributed by atoms with Gasteiger partial charge in [-0.25, -0.2) is 4.68 Å². The van der Waals surface area contributed by atoms with Gasteiger partial charge < -0.3 is 4.42 Å². The van der Waals surface area contributed by atoms with E-state index >= 15 is 0 Å². The van der Waals surface area contributed by atoms with Gasteiger partial charge in [0.15, 0.2) is 0 Å². The number of hydrogen-bond acceptors (Lipinski definition) is 8. The fourth-order valence-corrected chi connectivity index (χ4v) is 3.00. The Hall–Kier alpha value is -3.51. The minimum atomic E-state index is 0.440. The van der Waals surface area contributed by atoms with Crippen LogP contribution in [0.1, 0.15) is 16.8 Å². The van der Waals surface area contributed by atoms with Crippen LogP contribution in [0.25, 0.3) is 11.5 Å². The summed E-state index contributed by atoms with van der Waals surface area (Å²) in [6.45, 7) is 0.592. The SMILES string of the molecule is N#Cc1ccc(Cn2cc(CSc3nnc(-c4cccnc4)o3)nn2)cc1. The van der Waals surface area contributed by atoms with Crippen LogP contribution >= 0.6 is 11.8 Å². The molecule has 4 aromatic rings. The van der Waals surface area contributed by atoms with Crippen molar-refractivity contribution in [2.24, 2.45) is 0 Å². The van der Waals surface area contributed by atoms with E-state index in [1.807, 2.05) is 30.5 Å². The summed E-state index contributed by atoms with van der Waals surface area (Å²) in [4.78, 5) is 4.04. The molecule has 0 atom stereocenters. The lowest BCUT2D eigenvalue weighted by molar-refractivity contribution is 0.465. The maximum absolute atomic E-state index is 8.84. The van der Waals surface area contributed by atoms with Gasteiger partial charge in [-0.05, 0) is 29.8 Å². The largest absolute Gasteiger partial charge is 0.411 e. The van der Waals surface area contributed by atoms with Crippen LogP contribution in [-0.2, 0) is 12.3 Å². The molecule has 0 aliphatic carbocycles. The van der Waals surface area contributed by atoms with Gasteiger partial charge >= 0.3 is 0 Å². The van der Waals surface area contributed by atoms with Crippen molar-refractivity contribution in [3.05, 3.63) is 71.8 Å². The molecular weight excluding hydrogens is 362 g/mol. The van der Waals surface area contributed by atoms with Crippen LogP contribution < -0.4 is 0 Å². The van der Waals surface area contributed by atoms with Gasteiger partial charge in [-0.1, -0.05) is 29.1 Å². The van der Waals surface area contributed by atoms with Crippen LogP contribution in [0.5, 0.6) is 0 Å².